The second kappa shape index (κ2) is 55.2. The minimum absolute atomic E-state index is 0.0349. The molecule has 0 bridgehead atoms. The van der Waals surface area contributed by atoms with Crippen molar-refractivity contribution in [2.75, 3.05) is 185 Å². The highest BCUT2D eigenvalue weighted by Gasteiger charge is 2.40. The first-order chi connectivity index (χ1) is 50.3. The Morgan fingerprint density at radius 2 is 1.10 bits per heavy atom. The maximum absolute atomic E-state index is 14.8. The summed E-state index contributed by atoms with van der Waals surface area (Å²) in [6.45, 7) is 24.9. The molecule has 0 radical (unpaired) electrons. The standard InChI is InChI=1S/C74H118N6O23S/c1-9-55(5)69(70(86)57(7)61(54(3)4)52-64(103-58(8)81)73-77-62(53-104-73)71(87)76-60(50-56(6)74(89)102-10-2)51-59-16-12-11-13-17-59)78-72(88)63-18-14-15-24-79(63)68(85)22-26-90-28-30-92-32-34-94-36-38-96-40-42-98-44-46-100-48-49-101-47-45-99-43-41-97-39-37-95-35-33-93-31-29-91-27-23-75-65(82)21-25-80-66(83)19-20-67(80)84/h11-13,16-17,19-20,53-57,60-61,63-64,69H,9-10,14-15,18,21-52H2,1-8H3,(H,75,82)(H,76,87)(H,78,88). The van der Waals surface area contributed by atoms with Crippen molar-refractivity contribution >= 4 is 64.5 Å². The summed E-state index contributed by atoms with van der Waals surface area (Å²) in [7, 11) is 0. The van der Waals surface area contributed by atoms with Crippen molar-refractivity contribution in [3.8, 4) is 0 Å². The lowest BCUT2D eigenvalue weighted by atomic mass is 9.75. The van der Waals surface area contributed by atoms with E-state index in [9.17, 15) is 43.2 Å². The number of esters is 2. The number of nitrogens with zero attached hydrogens (tertiary/aromatic N) is 3. The number of hydrogen-bond donors (Lipinski definition) is 3. The van der Waals surface area contributed by atoms with Gasteiger partial charge in [0, 0.05) is 62.5 Å². The minimum atomic E-state index is -0.874. The van der Waals surface area contributed by atoms with Crippen molar-refractivity contribution in [1.82, 2.24) is 30.7 Å². The summed E-state index contributed by atoms with van der Waals surface area (Å²) in [6.07, 6.45) is 5.21. The Morgan fingerprint density at radius 3 is 1.57 bits per heavy atom. The lowest BCUT2D eigenvalue weighted by molar-refractivity contribution is -0.149. The molecule has 0 aliphatic carbocycles. The number of imide groups is 1. The van der Waals surface area contributed by atoms with E-state index in [0.29, 0.717) is 189 Å². The largest absolute Gasteiger partial charge is 0.466 e. The number of carbonyl (C=O) groups excluding carboxylic acids is 9. The number of piperidine rings is 1. The van der Waals surface area contributed by atoms with E-state index in [1.807, 2.05) is 65.0 Å². The number of ether oxygens (including phenoxy) is 14. The Balaban J connectivity index is 0.975. The van der Waals surface area contributed by atoms with E-state index < -0.39 is 59.8 Å². The molecule has 0 spiro atoms. The number of carbonyl (C=O) groups is 9. The Bertz CT molecular complexity index is 2780. The number of benzene rings is 1. The van der Waals surface area contributed by atoms with E-state index in [1.165, 1.54) is 30.4 Å². The van der Waals surface area contributed by atoms with Gasteiger partial charge in [-0.3, -0.25) is 48.1 Å². The SMILES string of the molecule is CCOC(=O)C(C)CC(Cc1ccccc1)NC(=O)c1csc(C(CC(C(C)C)C(C)C(=O)C(NC(=O)C2CCCCN2C(=O)CCOCCOCCOCCOCCOCCOCCOCCOCCOCCOCCOCCOCCNC(=O)CCN2C(=O)C=CC2=O)C(C)CC)OC(C)=O)n1. The normalized spacial score (nSPS) is 15.9. The number of rotatable bonds is 62. The molecule has 2 aliphatic heterocycles. The molecule has 3 N–H and O–H groups in total. The molecular weight excluding hydrogens is 1370 g/mol. The van der Waals surface area contributed by atoms with Gasteiger partial charge in [-0.2, -0.15) is 0 Å². The van der Waals surface area contributed by atoms with Gasteiger partial charge >= 0.3 is 11.9 Å². The molecular formula is C74H118N6O23S. The Morgan fingerprint density at radius 1 is 0.606 bits per heavy atom. The first-order valence-electron chi connectivity index (χ1n) is 36.9. The molecule has 30 heteroatoms. The average Bonchev–Trinajstić information content (AvgIpc) is 1.20. The molecule has 6 amide bonds. The monoisotopic (exact) mass is 1490 g/mol. The van der Waals surface area contributed by atoms with E-state index in [4.69, 9.17) is 66.3 Å². The third-order valence-corrected chi connectivity index (χ3v) is 18.2. The summed E-state index contributed by atoms with van der Waals surface area (Å²) in [5, 5.41) is 10.9. The summed E-state index contributed by atoms with van der Waals surface area (Å²) in [4.78, 5) is 124. The van der Waals surface area contributed by atoms with Crippen LogP contribution in [-0.4, -0.2) is 271 Å². The van der Waals surface area contributed by atoms with Crippen molar-refractivity contribution in [3.05, 3.63) is 64.1 Å². The van der Waals surface area contributed by atoms with E-state index in [-0.39, 0.29) is 98.5 Å². The van der Waals surface area contributed by atoms with Gasteiger partial charge in [-0.1, -0.05) is 78.3 Å². The van der Waals surface area contributed by atoms with Crippen molar-refractivity contribution in [2.24, 2.45) is 29.6 Å². The fraction of sp³-hybridized carbons (Fsp3) is 0.730. The fourth-order valence-electron chi connectivity index (χ4n) is 11.4. The van der Waals surface area contributed by atoms with Gasteiger partial charge in [0.15, 0.2) is 11.9 Å². The van der Waals surface area contributed by atoms with Crippen LogP contribution in [-0.2, 0) is 111 Å². The van der Waals surface area contributed by atoms with Crippen LogP contribution in [0.5, 0.6) is 0 Å². The molecule has 1 fully saturated rings. The highest BCUT2D eigenvalue weighted by atomic mass is 32.1. The van der Waals surface area contributed by atoms with Crippen molar-refractivity contribution in [2.45, 2.75) is 137 Å². The van der Waals surface area contributed by atoms with E-state index in [0.717, 1.165) is 23.3 Å². The zero-order valence-electron chi connectivity index (χ0n) is 62.6. The molecule has 8 unspecified atom stereocenters. The summed E-state index contributed by atoms with van der Waals surface area (Å²) in [5.41, 5.74) is 1.12. The number of likely N-dealkylation sites (tertiary alicyclic amines) is 1. The Labute approximate surface area is 618 Å². The molecule has 0 saturated carbocycles. The lowest BCUT2D eigenvalue weighted by Crippen LogP contribution is -2.57. The van der Waals surface area contributed by atoms with Crippen LogP contribution in [0.3, 0.4) is 0 Å². The molecule has 3 heterocycles. The molecule has 8 atom stereocenters. The zero-order valence-corrected chi connectivity index (χ0v) is 63.4. The third kappa shape index (κ3) is 37.8. The number of amides is 6. The van der Waals surface area contributed by atoms with Crippen LogP contribution in [0, 0.1) is 29.6 Å². The number of nitrogens with one attached hydrogen (secondary N) is 3. The number of thiazole rings is 1. The maximum atomic E-state index is 14.8. The van der Waals surface area contributed by atoms with E-state index in [2.05, 4.69) is 20.9 Å². The van der Waals surface area contributed by atoms with E-state index >= 15 is 0 Å². The minimum Gasteiger partial charge on any atom is -0.466 e. The molecule has 2 aromatic rings. The second-order valence-electron chi connectivity index (χ2n) is 25.6. The van der Waals surface area contributed by atoms with Gasteiger partial charge in [0.05, 0.1) is 184 Å². The van der Waals surface area contributed by atoms with Crippen molar-refractivity contribution < 1.29 is 109 Å². The van der Waals surface area contributed by atoms with Crippen LogP contribution in [0.2, 0.25) is 0 Å². The van der Waals surface area contributed by atoms with Crippen molar-refractivity contribution in [3.63, 3.8) is 0 Å². The van der Waals surface area contributed by atoms with Gasteiger partial charge in [-0.05, 0) is 68.8 Å². The molecule has 29 nitrogen and oxygen atoms in total. The van der Waals surface area contributed by atoms with Gasteiger partial charge in [0.1, 0.15) is 16.7 Å². The number of hydrogen-bond acceptors (Lipinski definition) is 25. The predicted octanol–water partition coefficient (Wildman–Crippen LogP) is 5.48. The highest BCUT2D eigenvalue weighted by Crippen LogP contribution is 2.37. The molecule has 4 rings (SSSR count). The predicted molar refractivity (Wildman–Crippen MR) is 384 cm³/mol. The lowest BCUT2D eigenvalue weighted by Gasteiger charge is -2.37. The summed E-state index contributed by atoms with van der Waals surface area (Å²) < 4.78 is 77.7. The van der Waals surface area contributed by atoms with Gasteiger partial charge in [0.2, 0.25) is 17.7 Å². The maximum Gasteiger partial charge on any atom is 0.308 e. The summed E-state index contributed by atoms with van der Waals surface area (Å²) in [5.74, 6) is -4.89. The smallest absolute Gasteiger partial charge is 0.308 e. The molecule has 588 valence electrons. The number of ketones is 1. The number of aromatic nitrogens is 1. The summed E-state index contributed by atoms with van der Waals surface area (Å²) in [6, 6.07) is 7.64. The van der Waals surface area contributed by atoms with Gasteiger partial charge < -0.3 is 87.2 Å². The number of Topliss-reactive ketones (excluding diaryl/α,β-unsaturated/α-hetero) is 1. The van der Waals surface area contributed by atoms with Gasteiger partial charge in [-0.25, -0.2) is 4.98 Å². The highest BCUT2D eigenvalue weighted by molar-refractivity contribution is 7.09. The van der Waals surface area contributed by atoms with Crippen LogP contribution in [0.1, 0.15) is 134 Å². The topological polar surface area (TPSA) is 338 Å². The average molecular weight is 1490 g/mol. The van der Waals surface area contributed by atoms with Crippen LogP contribution in [0.4, 0.5) is 0 Å². The molecule has 1 saturated heterocycles. The quantitative estimate of drug-likeness (QED) is 0.0419. The van der Waals surface area contributed by atoms with Gasteiger partial charge in [0.25, 0.3) is 17.7 Å². The van der Waals surface area contributed by atoms with Gasteiger partial charge in [-0.15, -0.1) is 11.3 Å². The third-order valence-electron chi connectivity index (χ3n) is 17.3. The van der Waals surface area contributed by atoms with Crippen LogP contribution < -0.4 is 16.0 Å². The Kier molecular flexibility index (Phi) is 47.8. The van der Waals surface area contributed by atoms with Crippen LogP contribution in [0.25, 0.3) is 0 Å². The van der Waals surface area contributed by atoms with Crippen molar-refractivity contribution in [1.29, 1.82) is 0 Å². The first-order valence-corrected chi connectivity index (χ1v) is 37.7. The molecule has 2 aliphatic rings. The Hall–Kier alpha value is -6.26. The zero-order chi connectivity index (χ0) is 75.5. The molecule has 1 aromatic heterocycles. The molecule has 104 heavy (non-hydrogen) atoms. The van der Waals surface area contributed by atoms with E-state index in [1.54, 1.807) is 24.1 Å². The van der Waals surface area contributed by atoms with Crippen LogP contribution >= 0.6 is 11.3 Å². The summed E-state index contributed by atoms with van der Waals surface area (Å²) >= 11 is 1.18. The fourth-order valence-corrected chi connectivity index (χ4v) is 12.3. The van der Waals surface area contributed by atoms with Crippen LogP contribution in [0.15, 0.2) is 47.9 Å². The molecule has 1 aromatic carbocycles. The first kappa shape index (κ1) is 90.1. The second-order valence-corrected chi connectivity index (χ2v) is 26.5.